The molecule has 0 spiro atoms. The third-order valence-corrected chi connectivity index (χ3v) is 3.21. The molecule has 0 bridgehead atoms. The molecule has 1 aromatic carbocycles. The van der Waals surface area contributed by atoms with Gasteiger partial charge in [-0.3, -0.25) is 0 Å². The summed E-state index contributed by atoms with van der Waals surface area (Å²) >= 11 is 5.66. The lowest BCUT2D eigenvalue weighted by molar-refractivity contribution is -0.147. The summed E-state index contributed by atoms with van der Waals surface area (Å²) in [6, 6.07) is -0.622. The molecule has 21 heavy (non-hydrogen) atoms. The van der Waals surface area contributed by atoms with Crippen LogP contribution in [-0.2, 0) is 9.53 Å². The van der Waals surface area contributed by atoms with E-state index in [4.69, 9.17) is 21.4 Å². The fourth-order valence-electron chi connectivity index (χ4n) is 1.89. The van der Waals surface area contributed by atoms with E-state index in [1.165, 1.54) is 0 Å². The maximum Gasteiger partial charge on any atom is 0.328 e. The van der Waals surface area contributed by atoms with Crippen molar-refractivity contribution >= 4 is 29.3 Å². The number of carbonyl (C=O) groups excluding carboxylic acids is 1. The third-order valence-electron chi connectivity index (χ3n) is 2.91. The molecule has 114 valence electrons. The van der Waals surface area contributed by atoms with Crippen LogP contribution in [0.1, 0.15) is 0 Å². The highest BCUT2D eigenvalue weighted by atomic mass is 35.5. The number of nitrogens with one attached hydrogen (secondary N) is 1. The normalized spacial score (nSPS) is 18.4. The Bertz CT molecular complexity index is 561. The van der Waals surface area contributed by atoms with Crippen molar-refractivity contribution in [1.82, 2.24) is 4.90 Å². The quantitative estimate of drug-likeness (QED) is 0.873. The molecule has 1 saturated heterocycles. The van der Waals surface area contributed by atoms with E-state index in [2.05, 4.69) is 5.32 Å². The molecular weight excluding hydrogens is 310 g/mol. The van der Waals surface area contributed by atoms with Gasteiger partial charge < -0.3 is 20.1 Å². The molecule has 1 fully saturated rings. The van der Waals surface area contributed by atoms with Gasteiger partial charge >= 0.3 is 12.0 Å². The van der Waals surface area contributed by atoms with E-state index in [1.807, 2.05) is 0 Å². The zero-order valence-electron chi connectivity index (χ0n) is 10.6. The number of halogens is 3. The Morgan fingerprint density at radius 2 is 2.14 bits per heavy atom. The van der Waals surface area contributed by atoms with E-state index in [1.54, 1.807) is 0 Å². The SMILES string of the molecule is O=C(O)C1COCCN1C(=O)Nc1c(F)cc(F)cc1Cl. The highest BCUT2D eigenvalue weighted by Gasteiger charge is 2.33. The van der Waals surface area contributed by atoms with Crippen molar-refractivity contribution in [2.75, 3.05) is 25.1 Å². The summed E-state index contributed by atoms with van der Waals surface area (Å²) in [5.41, 5.74) is -0.404. The second kappa shape index (κ2) is 6.23. The van der Waals surface area contributed by atoms with Crippen molar-refractivity contribution in [2.45, 2.75) is 6.04 Å². The Hall–Kier alpha value is -1.93. The number of amides is 2. The number of ether oxygens (including phenoxy) is 1. The molecule has 2 N–H and O–H groups in total. The fourth-order valence-corrected chi connectivity index (χ4v) is 2.13. The van der Waals surface area contributed by atoms with Crippen LogP contribution in [0.25, 0.3) is 0 Å². The number of hydrogen-bond acceptors (Lipinski definition) is 3. The predicted molar refractivity (Wildman–Crippen MR) is 69.3 cm³/mol. The molecule has 1 heterocycles. The summed E-state index contributed by atoms with van der Waals surface area (Å²) in [4.78, 5) is 24.1. The molecule has 0 saturated carbocycles. The van der Waals surface area contributed by atoms with Gasteiger partial charge in [-0.15, -0.1) is 0 Å². The van der Waals surface area contributed by atoms with E-state index in [0.717, 1.165) is 11.0 Å². The Morgan fingerprint density at radius 3 is 2.76 bits per heavy atom. The number of aliphatic carboxylic acids is 1. The van der Waals surface area contributed by atoms with Crippen LogP contribution < -0.4 is 5.32 Å². The van der Waals surface area contributed by atoms with Gasteiger partial charge in [0.25, 0.3) is 0 Å². The second-order valence-electron chi connectivity index (χ2n) is 4.30. The van der Waals surface area contributed by atoms with E-state index in [-0.39, 0.29) is 24.8 Å². The van der Waals surface area contributed by atoms with Crippen molar-refractivity contribution in [3.63, 3.8) is 0 Å². The first-order valence-electron chi connectivity index (χ1n) is 5.93. The van der Waals surface area contributed by atoms with Crippen LogP contribution in [0.2, 0.25) is 5.02 Å². The van der Waals surface area contributed by atoms with E-state index >= 15 is 0 Å². The van der Waals surface area contributed by atoms with Crippen LogP contribution >= 0.6 is 11.6 Å². The van der Waals surface area contributed by atoms with Gasteiger partial charge in [-0.2, -0.15) is 0 Å². The van der Waals surface area contributed by atoms with E-state index in [9.17, 15) is 18.4 Å². The molecule has 0 aliphatic carbocycles. The molecule has 1 aliphatic rings. The molecule has 0 aromatic heterocycles. The van der Waals surface area contributed by atoms with Crippen molar-refractivity contribution < 1.29 is 28.2 Å². The van der Waals surface area contributed by atoms with Gasteiger partial charge in [0.05, 0.1) is 23.9 Å². The van der Waals surface area contributed by atoms with Crippen molar-refractivity contribution in [3.05, 3.63) is 28.8 Å². The lowest BCUT2D eigenvalue weighted by Crippen LogP contribution is -2.54. The number of anilines is 1. The minimum atomic E-state index is -1.24. The Morgan fingerprint density at radius 1 is 1.43 bits per heavy atom. The van der Waals surface area contributed by atoms with Gasteiger partial charge in [0, 0.05) is 12.6 Å². The average Bonchev–Trinajstić information content (AvgIpc) is 2.42. The molecule has 9 heteroatoms. The van der Waals surface area contributed by atoms with Crippen LogP contribution in [-0.4, -0.2) is 47.8 Å². The number of carboxylic acid groups (broad SMARTS) is 1. The predicted octanol–water partition coefficient (Wildman–Crippen LogP) is 1.94. The zero-order chi connectivity index (χ0) is 15.6. The minimum absolute atomic E-state index is 0.0310. The maximum absolute atomic E-state index is 13.6. The van der Waals surface area contributed by atoms with Crippen LogP contribution in [0.5, 0.6) is 0 Å². The van der Waals surface area contributed by atoms with Gasteiger partial charge in [0.15, 0.2) is 11.9 Å². The second-order valence-corrected chi connectivity index (χ2v) is 4.70. The zero-order valence-corrected chi connectivity index (χ0v) is 11.4. The molecule has 1 atom stereocenters. The lowest BCUT2D eigenvalue weighted by Gasteiger charge is -2.32. The first kappa shape index (κ1) is 15.5. The number of nitrogens with zero attached hydrogens (tertiary/aromatic N) is 1. The summed E-state index contributed by atoms with van der Waals surface area (Å²) < 4.78 is 31.5. The van der Waals surface area contributed by atoms with Gasteiger partial charge in [0.2, 0.25) is 0 Å². The first-order valence-corrected chi connectivity index (χ1v) is 6.30. The van der Waals surface area contributed by atoms with Crippen molar-refractivity contribution in [2.24, 2.45) is 0 Å². The van der Waals surface area contributed by atoms with Gasteiger partial charge in [-0.05, 0) is 6.07 Å². The van der Waals surface area contributed by atoms with E-state index in [0.29, 0.717) is 6.07 Å². The minimum Gasteiger partial charge on any atom is -0.480 e. The molecule has 1 aliphatic heterocycles. The third kappa shape index (κ3) is 3.40. The number of urea groups is 1. The number of benzene rings is 1. The number of carbonyl (C=O) groups is 2. The molecule has 0 radical (unpaired) electrons. The molecule has 1 unspecified atom stereocenters. The number of hydrogen-bond donors (Lipinski definition) is 2. The number of rotatable bonds is 2. The maximum atomic E-state index is 13.6. The fraction of sp³-hybridized carbons (Fsp3) is 0.333. The summed E-state index contributed by atoms with van der Waals surface area (Å²) in [6.07, 6.45) is 0. The standard InChI is InChI=1S/C12H11ClF2N2O4/c13-7-3-6(14)4-8(15)10(7)16-12(20)17-1-2-21-5-9(17)11(18)19/h3-4,9H,1-2,5H2,(H,16,20)(H,18,19). The Labute approximate surface area is 123 Å². The highest BCUT2D eigenvalue weighted by Crippen LogP contribution is 2.27. The number of morpholine rings is 1. The monoisotopic (exact) mass is 320 g/mol. The van der Waals surface area contributed by atoms with Crippen LogP contribution in [0.15, 0.2) is 12.1 Å². The largest absolute Gasteiger partial charge is 0.480 e. The van der Waals surface area contributed by atoms with Gasteiger partial charge in [-0.25, -0.2) is 18.4 Å². The van der Waals surface area contributed by atoms with Gasteiger partial charge in [-0.1, -0.05) is 11.6 Å². The number of carboxylic acids is 1. The average molecular weight is 321 g/mol. The Balaban J connectivity index is 2.19. The summed E-state index contributed by atoms with van der Waals surface area (Å²) in [5, 5.41) is 10.9. The van der Waals surface area contributed by atoms with Crippen LogP contribution in [0.4, 0.5) is 19.3 Å². The van der Waals surface area contributed by atoms with Crippen molar-refractivity contribution in [1.29, 1.82) is 0 Å². The van der Waals surface area contributed by atoms with Crippen LogP contribution in [0, 0.1) is 11.6 Å². The molecule has 1 aromatic rings. The summed E-state index contributed by atoms with van der Waals surface area (Å²) in [6.45, 7) is 0.0302. The highest BCUT2D eigenvalue weighted by molar-refractivity contribution is 6.33. The van der Waals surface area contributed by atoms with Gasteiger partial charge in [0.1, 0.15) is 5.82 Å². The summed E-state index contributed by atoms with van der Waals surface area (Å²) in [5.74, 6) is -3.17. The summed E-state index contributed by atoms with van der Waals surface area (Å²) in [7, 11) is 0. The molecule has 2 amide bonds. The smallest absolute Gasteiger partial charge is 0.328 e. The molecular formula is C12H11ClF2N2O4. The molecule has 2 rings (SSSR count). The lowest BCUT2D eigenvalue weighted by atomic mass is 10.2. The Kier molecular flexibility index (Phi) is 4.59. The first-order chi connectivity index (χ1) is 9.90. The topological polar surface area (TPSA) is 78.9 Å². The van der Waals surface area contributed by atoms with E-state index < -0.39 is 35.4 Å². The molecule has 6 nitrogen and oxygen atoms in total. The van der Waals surface area contributed by atoms with Crippen molar-refractivity contribution in [3.8, 4) is 0 Å². The van der Waals surface area contributed by atoms with Crippen LogP contribution in [0.3, 0.4) is 0 Å².